The van der Waals surface area contributed by atoms with Crippen LogP contribution in [0.25, 0.3) is 0 Å². The third-order valence-electron chi connectivity index (χ3n) is 1.27. The van der Waals surface area contributed by atoms with E-state index >= 15 is 0 Å². The summed E-state index contributed by atoms with van der Waals surface area (Å²) >= 11 is 0. The molecule has 2 atom stereocenters. The van der Waals surface area contributed by atoms with Crippen molar-refractivity contribution in [1.29, 1.82) is 0 Å². The zero-order chi connectivity index (χ0) is 8.97. The minimum absolute atomic E-state index is 0.241. The molecule has 0 bridgehead atoms. The van der Waals surface area contributed by atoms with Crippen molar-refractivity contribution in [3.8, 4) is 0 Å². The molecule has 1 aromatic rings. The smallest absolute Gasteiger partial charge is 0.319 e. The molecule has 0 fully saturated rings. The van der Waals surface area contributed by atoms with Gasteiger partial charge in [0.1, 0.15) is 0 Å². The molecule has 12 heavy (non-hydrogen) atoms. The first-order valence-corrected chi connectivity index (χ1v) is 4.55. The number of benzene rings is 1. The van der Waals surface area contributed by atoms with Crippen LogP contribution in [-0.4, -0.2) is 4.89 Å². The largest absolute Gasteiger partial charge is 0.326 e. The second-order valence-electron chi connectivity index (χ2n) is 2.11. The second-order valence-corrected chi connectivity index (χ2v) is 2.88. The van der Waals surface area contributed by atoms with Crippen LogP contribution in [0, 0.1) is 0 Å². The molecule has 0 heterocycles. The lowest BCUT2D eigenvalue weighted by Crippen LogP contribution is -1.91. The van der Waals surface area contributed by atoms with E-state index in [1.54, 1.807) is 18.2 Å². The summed E-state index contributed by atoms with van der Waals surface area (Å²) in [5.74, 6) is 0. The molecule has 3 nitrogen and oxygen atoms in total. The Labute approximate surface area is 69.7 Å². The van der Waals surface area contributed by atoms with Crippen LogP contribution in [0.5, 0.6) is 0 Å². The predicted octanol–water partition coefficient (Wildman–Crippen LogP) is 2.05. The van der Waals surface area contributed by atoms with E-state index in [0.29, 0.717) is 0 Å². The van der Waals surface area contributed by atoms with Gasteiger partial charge in [0.2, 0.25) is 6.36 Å². The molecule has 0 aliphatic rings. The first-order chi connectivity index (χ1) is 5.70. The average Bonchev–Trinajstić information content (AvgIpc) is 2.05. The van der Waals surface area contributed by atoms with Gasteiger partial charge in [0, 0.05) is 5.56 Å². The summed E-state index contributed by atoms with van der Waals surface area (Å²) in [7, 11) is -3.21. The Morgan fingerprint density at radius 1 is 1.42 bits per heavy atom. The molecule has 0 aromatic heterocycles. The summed E-state index contributed by atoms with van der Waals surface area (Å²) in [6, 6.07) is 7.93. The average molecular weight is 190 g/mol. The standard InChI is InChI=1S/C7H8FO3P/c8-7(11-12(9)10)6-4-2-1-3-5-6/h1-5,7,12H,(H,9,10). The Morgan fingerprint density at radius 3 is 2.50 bits per heavy atom. The molecule has 0 aliphatic heterocycles. The Morgan fingerprint density at radius 2 is 2.00 bits per heavy atom. The van der Waals surface area contributed by atoms with Crippen LogP contribution in [0.15, 0.2) is 30.3 Å². The van der Waals surface area contributed by atoms with Gasteiger partial charge in [-0.05, 0) is 0 Å². The van der Waals surface area contributed by atoms with Crippen molar-refractivity contribution in [3.63, 3.8) is 0 Å². The van der Waals surface area contributed by atoms with Crippen molar-refractivity contribution in [2.45, 2.75) is 6.36 Å². The summed E-state index contributed by atoms with van der Waals surface area (Å²) in [5.41, 5.74) is 0.241. The van der Waals surface area contributed by atoms with Crippen LogP contribution in [0.3, 0.4) is 0 Å². The number of alkyl halides is 1. The van der Waals surface area contributed by atoms with Crippen LogP contribution in [0.4, 0.5) is 4.39 Å². The molecule has 2 unspecified atom stereocenters. The van der Waals surface area contributed by atoms with Gasteiger partial charge in [0.05, 0.1) is 0 Å². The van der Waals surface area contributed by atoms with Gasteiger partial charge >= 0.3 is 8.25 Å². The van der Waals surface area contributed by atoms with E-state index in [4.69, 9.17) is 4.89 Å². The maximum atomic E-state index is 12.8. The number of hydrogen-bond acceptors (Lipinski definition) is 2. The van der Waals surface area contributed by atoms with Crippen LogP contribution in [0.1, 0.15) is 11.9 Å². The molecular formula is C7H8FO3P. The highest BCUT2D eigenvalue weighted by molar-refractivity contribution is 7.32. The Bertz CT molecular complexity index is 265. The summed E-state index contributed by atoms with van der Waals surface area (Å²) in [4.78, 5) is 8.27. The first kappa shape index (κ1) is 9.39. The predicted molar refractivity (Wildman–Crippen MR) is 42.6 cm³/mol. The molecule has 0 saturated carbocycles. The normalized spacial score (nSPS) is 15.5. The van der Waals surface area contributed by atoms with Crippen molar-refractivity contribution < 1.29 is 18.4 Å². The molecule has 66 valence electrons. The van der Waals surface area contributed by atoms with Gasteiger partial charge in [0.25, 0.3) is 0 Å². The lowest BCUT2D eigenvalue weighted by molar-refractivity contribution is 0.0636. The van der Waals surface area contributed by atoms with Crippen LogP contribution in [0.2, 0.25) is 0 Å². The fourth-order valence-electron chi connectivity index (χ4n) is 0.761. The Hall–Kier alpha value is -0.700. The molecule has 0 aliphatic carbocycles. The van der Waals surface area contributed by atoms with Gasteiger partial charge in [-0.25, -0.2) is 4.39 Å². The minimum atomic E-state index is -3.21. The zero-order valence-electron chi connectivity index (χ0n) is 6.11. The molecule has 5 heteroatoms. The molecule has 1 N–H and O–H groups in total. The molecule has 0 saturated heterocycles. The zero-order valence-corrected chi connectivity index (χ0v) is 7.11. The van der Waals surface area contributed by atoms with E-state index in [-0.39, 0.29) is 5.56 Å². The third-order valence-corrected chi connectivity index (χ3v) is 1.67. The maximum Gasteiger partial charge on any atom is 0.319 e. The van der Waals surface area contributed by atoms with Crippen molar-refractivity contribution in [1.82, 2.24) is 0 Å². The van der Waals surface area contributed by atoms with E-state index in [9.17, 15) is 8.96 Å². The second kappa shape index (κ2) is 4.36. The van der Waals surface area contributed by atoms with Crippen LogP contribution in [-0.2, 0) is 9.09 Å². The van der Waals surface area contributed by atoms with Gasteiger partial charge < -0.3 is 4.89 Å². The van der Waals surface area contributed by atoms with E-state index in [0.717, 1.165) is 0 Å². The highest BCUT2D eigenvalue weighted by Crippen LogP contribution is 2.29. The quantitative estimate of drug-likeness (QED) is 0.742. The van der Waals surface area contributed by atoms with E-state index in [1.807, 2.05) is 0 Å². The van der Waals surface area contributed by atoms with Crippen molar-refractivity contribution in [2.75, 3.05) is 0 Å². The fraction of sp³-hybridized carbons (Fsp3) is 0.143. The van der Waals surface area contributed by atoms with E-state index in [1.165, 1.54) is 12.1 Å². The molecule has 1 rings (SSSR count). The summed E-state index contributed by atoms with van der Waals surface area (Å²) < 4.78 is 27.0. The van der Waals surface area contributed by atoms with E-state index < -0.39 is 14.6 Å². The first-order valence-electron chi connectivity index (χ1n) is 3.29. The molecule has 1 aromatic carbocycles. The summed E-state index contributed by atoms with van der Waals surface area (Å²) in [6.45, 7) is 0. The van der Waals surface area contributed by atoms with Crippen molar-refractivity contribution >= 4 is 8.25 Å². The van der Waals surface area contributed by atoms with Gasteiger partial charge in [0.15, 0.2) is 0 Å². The molecule has 0 spiro atoms. The van der Waals surface area contributed by atoms with Gasteiger partial charge in [-0.1, -0.05) is 30.3 Å². The molecular weight excluding hydrogens is 182 g/mol. The van der Waals surface area contributed by atoms with Gasteiger partial charge in [-0.15, -0.1) is 0 Å². The minimum Gasteiger partial charge on any atom is -0.326 e. The monoisotopic (exact) mass is 190 g/mol. The van der Waals surface area contributed by atoms with Crippen LogP contribution < -0.4 is 0 Å². The number of hydrogen-bond donors (Lipinski definition) is 1. The SMILES string of the molecule is O=[PH](O)OC(F)c1ccccc1. The molecule has 0 amide bonds. The third kappa shape index (κ3) is 2.74. The summed E-state index contributed by atoms with van der Waals surface area (Å²) in [5, 5.41) is 0. The summed E-state index contributed by atoms with van der Waals surface area (Å²) in [6.07, 6.45) is -1.82. The lowest BCUT2D eigenvalue weighted by atomic mass is 10.2. The van der Waals surface area contributed by atoms with Crippen molar-refractivity contribution in [2.24, 2.45) is 0 Å². The number of halogens is 1. The maximum absolute atomic E-state index is 12.8. The highest BCUT2D eigenvalue weighted by atomic mass is 31.1. The Balaban J connectivity index is 2.65. The number of rotatable bonds is 3. The molecule has 0 radical (unpaired) electrons. The lowest BCUT2D eigenvalue weighted by Gasteiger charge is -2.05. The fourth-order valence-corrected chi connectivity index (χ4v) is 1.07. The van der Waals surface area contributed by atoms with Crippen molar-refractivity contribution in [3.05, 3.63) is 35.9 Å². The van der Waals surface area contributed by atoms with E-state index in [2.05, 4.69) is 4.52 Å². The van der Waals surface area contributed by atoms with Gasteiger partial charge in [-0.2, -0.15) is 0 Å². The van der Waals surface area contributed by atoms with Gasteiger partial charge in [-0.3, -0.25) is 9.09 Å². The topological polar surface area (TPSA) is 46.5 Å². The Kier molecular flexibility index (Phi) is 3.41. The highest BCUT2D eigenvalue weighted by Gasteiger charge is 2.10. The van der Waals surface area contributed by atoms with Crippen LogP contribution >= 0.6 is 8.25 Å².